The van der Waals surface area contributed by atoms with Gasteiger partial charge in [0.05, 0.1) is 0 Å². The fraction of sp³-hybridized carbons (Fsp3) is 0.692. The Labute approximate surface area is 125 Å². The van der Waals surface area contributed by atoms with Crippen LogP contribution in [-0.4, -0.2) is 28.7 Å². The summed E-state index contributed by atoms with van der Waals surface area (Å²) >= 11 is -2.16. The molecule has 6 heteroatoms. The number of ether oxygens (including phenoxy) is 1. The second-order valence-electron chi connectivity index (χ2n) is 4.59. The first-order chi connectivity index (χ1) is 9.12. The van der Waals surface area contributed by atoms with Crippen LogP contribution in [0.3, 0.4) is 0 Å². The standard InChI is InChI=1S/C5H5NO2S2.2C4H9.Sn/c1-8-4(7)3(2-6)5(9)10;2*1-3-4-2;/h9-10H,1H3;2*1,3-4H2,2H3;/q;;;+2/p-2. The molecular weight excluding hydrogens is 385 g/mol. The second kappa shape index (κ2) is 8.48. The first-order valence-electron chi connectivity index (χ1n) is 6.73. The Morgan fingerprint density at radius 3 is 2.16 bits per heavy atom. The quantitative estimate of drug-likeness (QED) is 0.271. The van der Waals surface area contributed by atoms with Gasteiger partial charge in [-0.3, -0.25) is 0 Å². The molecule has 0 saturated carbocycles. The predicted molar refractivity (Wildman–Crippen MR) is 85.0 cm³/mol. The van der Waals surface area contributed by atoms with Gasteiger partial charge in [-0.15, -0.1) is 0 Å². The van der Waals surface area contributed by atoms with Crippen LogP contribution in [0.25, 0.3) is 0 Å². The molecule has 19 heavy (non-hydrogen) atoms. The summed E-state index contributed by atoms with van der Waals surface area (Å²) in [6.07, 6.45) is 5.03. The van der Waals surface area contributed by atoms with E-state index in [1.165, 1.54) is 41.7 Å². The zero-order chi connectivity index (χ0) is 14.3. The van der Waals surface area contributed by atoms with E-state index < -0.39 is 21.6 Å². The summed E-state index contributed by atoms with van der Waals surface area (Å²) < 4.78 is 8.30. The number of unbranched alkanes of at least 4 members (excludes halogenated alkanes) is 2. The van der Waals surface area contributed by atoms with E-state index in [0.29, 0.717) is 0 Å². The van der Waals surface area contributed by atoms with Crippen LogP contribution < -0.4 is 0 Å². The third-order valence-corrected chi connectivity index (χ3v) is 32.7. The van der Waals surface area contributed by atoms with Gasteiger partial charge in [0.15, 0.2) is 0 Å². The molecule has 1 aliphatic heterocycles. The van der Waals surface area contributed by atoms with E-state index in [1.54, 1.807) is 0 Å². The third kappa shape index (κ3) is 4.61. The Morgan fingerprint density at radius 1 is 1.26 bits per heavy atom. The molecule has 1 fully saturated rings. The number of hydrogen-bond donors (Lipinski definition) is 0. The maximum absolute atomic E-state index is 11.5. The number of carbonyl (C=O) groups excluding carboxylic acids is 1. The van der Waals surface area contributed by atoms with Crippen LogP contribution in [0.4, 0.5) is 0 Å². The molecule has 0 radical (unpaired) electrons. The van der Waals surface area contributed by atoms with Crippen molar-refractivity contribution in [1.29, 1.82) is 5.26 Å². The van der Waals surface area contributed by atoms with E-state index >= 15 is 0 Å². The topological polar surface area (TPSA) is 50.1 Å². The summed E-state index contributed by atoms with van der Waals surface area (Å²) in [6, 6.07) is 2.00. The van der Waals surface area contributed by atoms with Crippen molar-refractivity contribution >= 4 is 39.5 Å². The van der Waals surface area contributed by atoms with E-state index in [-0.39, 0.29) is 5.57 Å². The Kier molecular flexibility index (Phi) is 7.70. The van der Waals surface area contributed by atoms with Gasteiger partial charge in [0.2, 0.25) is 0 Å². The summed E-state index contributed by atoms with van der Waals surface area (Å²) in [6.45, 7) is 4.44. The molecule has 1 heterocycles. The molecule has 0 atom stereocenters. The molecule has 1 rings (SSSR count). The number of carbonyl (C=O) groups is 1. The van der Waals surface area contributed by atoms with Crippen molar-refractivity contribution in [2.45, 2.75) is 48.4 Å². The van der Waals surface area contributed by atoms with Gasteiger partial charge in [-0.05, 0) is 0 Å². The number of esters is 1. The monoisotopic (exact) mass is 407 g/mol. The van der Waals surface area contributed by atoms with Crippen LogP contribution in [-0.2, 0) is 9.53 Å². The molecule has 0 N–H and O–H groups in total. The van der Waals surface area contributed by atoms with Gasteiger partial charge in [0.25, 0.3) is 0 Å². The molecule has 1 saturated heterocycles. The van der Waals surface area contributed by atoms with Crippen molar-refractivity contribution in [1.82, 2.24) is 0 Å². The summed E-state index contributed by atoms with van der Waals surface area (Å²) in [4.78, 5) is 11.5. The first kappa shape index (κ1) is 17.3. The molecular formula is C13H21NO2S2Sn. The van der Waals surface area contributed by atoms with Crippen molar-refractivity contribution in [2.24, 2.45) is 0 Å². The summed E-state index contributed by atoms with van der Waals surface area (Å²) in [7, 11) is 5.15. The minimum atomic E-state index is -2.16. The Bertz CT molecular complexity index is 386. The Balaban J connectivity index is 2.74. The van der Waals surface area contributed by atoms with Crippen LogP contribution in [0.1, 0.15) is 39.5 Å². The number of nitrogens with zero attached hydrogens (tertiary/aromatic N) is 1. The van der Waals surface area contributed by atoms with Gasteiger partial charge >= 0.3 is 126 Å². The van der Waals surface area contributed by atoms with Crippen molar-refractivity contribution in [3.8, 4) is 6.07 Å². The second-order valence-corrected chi connectivity index (χ2v) is 29.8. The number of rotatable bonds is 7. The Hall–Kier alpha value is 0.199. The van der Waals surface area contributed by atoms with Crippen molar-refractivity contribution in [3.63, 3.8) is 0 Å². The molecule has 106 valence electrons. The van der Waals surface area contributed by atoms with Crippen LogP contribution in [0.2, 0.25) is 8.87 Å². The molecule has 1 aliphatic rings. The number of methoxy groups -OCH3 is 1. The molecule has 0 aliphatic carbocycles. The first-order valence-corrected chi connectivity index (χ1v) is 19.4. The van der Waals surface area contributed by atoms with Crippen LogP contribution >= 0.6 is 17.9 Å². The van der Waals surface area contributed by atoms with Gasteiger partial charge in [0.1, 0.15) is 0 Å². The van der Waals surface area contributed by atoms with Crippen molar-refractivity contribution < 1.29 is 9.53 Å². The maximum atomic E-state index is 11.5. The summed E-state index contributed by atoms with van der Waals surface area (Å²) in [5.74, 6) is -0.483. The molecule has 0 aromatic rings. The van der Waals surface area contributed by atoms with E-state index in [4.69, 9.17) is 5.26 Å². The molecule has 0 aromatic carbocycles. The van der Waals surface area contributed by atoms with Crippen LogP contribution in [0.5, 0.6) is 0 Å². The van der Waals surface area contributed by atoms with Crippen molar-refractivity contribution in [3.05, 3.63) is 9.81 Å². The molecule has 0 aromatic heterocycles. The molecule has 0 spiro atoms. The summed E-state index contributed by atoms with van der Waals surface area (Å²) in [5.41, 5.74) is 0.220. The molecule has 0 unspecified atom stereocenters. The van der Waals surface area contributed by atoms with E-state index in [9.17, 15) is 4.79 Å². The van der Waals surface area contributed by atoms with E-state index in [1.807, 2.05) is 24.0 Å². The minimum absolute atomic E-state index is 0.220. The van der Waals surface area contributed by atoms with Crippen molar-refractivity contribution in [2.75, 3.05) is 7.11 Å². The third-order valence-electron chi connectivity index (χ3n) is 3.09. The number of nitriles is 1. The van der Waals surface area contributed by atoms with E-state index in [0.717, 1.165) is 4.24 Å². The fourth-order valence-electron chi connectivity index (χ4n) is 1.95. The average molecular weight is 406 g/mol. The van der Waals surface area contributed by atoms with Gasteiger partial charge < -0.3 is 0 Å². The zero-order valence-corrected chi connectivity index (χ0v) is 16.3. The van der Waals surface area contributed by atoms with Gasteiger partial charge in [0, 0.05) is 0 Å². The molecule has 3 nitrogen and oxygen atoms in total. The van der Waals surface area contributed by atoms with Gasteiger partial charge in [-0.25, -0.2) is 0 Å². The normalized spacial score (nSPS) is 16.4. The molecule has 0 amide bonds. The fourth-order valence-corrected chi connectivity index (χ4v) is 32.4. The van der Waals surface area contributed by atoms with Gasteiger partial charge in [-0.1, -0.05) is 0 Å². The van der Waals surface area contributed by atoms with E-state index in [2.05, 4.69) is 18.6 Å². The van der Waals surface area contributed by atoms with Gasteiger partial charge in [-0.2, -0.15) is 0 Å². The zero-order valence-electron chi connectivity index (χ0n) is 11.8. The SMILES string of the molecule is CCC[CH2][Sn]1([CH2]CCC)[S]C(=C(C#N)C(=O)OC)[S]1. The summed E-state index contributed by atoms with van der Waals surface area (Å²) in [5, 5.41) is 9.07. The number of hydrogen-bond acceptors (Lipinski definition) is 5. The molecule has 0 bridgehead atoms. The van der Waals surface area contributed by atoms with Crippen LogP contribution in [0, 0.1) is 11.3 Å². The van der Waals surface area contributed by atoms with Crippen LogP contribution in [0.15, 0.2) is 9.81 Å². The predicted octanol–water partition coefficient (Wildman–Crippen LogP) is 4.42. The Morgan fingerprint density at radius 2 is 1.79 bits per heavy atom. The average Bonchev–Trinajstić information content (AvgIpc) is 2.39.